The molecule has 7 atom stereocenters. The van der Waals surface area contributed by atoms with Crippen molar-refractivity contribution < 1.29 is 23.9 Å². The highest BCUT2D eigenvalue weighted by atomic mass is 32.2. The van der Waals surface area contributed by atoms with Gasteiger partial charge in [0.25, 0.3) is 0 Å². The molecule has 1 aromatic heterocycles. The number of benzene rings is 3. The normalized spacial score (nSPS) is 27.7. The molecule has 1 saturated heterocycles. The monoisotopic (exact) mass is 638 g/mol. The number of aromatic amines is 1. The molecule has 4 aromatic rings. The number of H-pyrrole nitrogens is 1. The van der Waals surface area contributed by atoms with Gasteiger partial charge in [0, 0.05) is 16.0 Å². The SMILES string of the molecule is CCOC(=O)c1ccc(N2C(=O)C3C4CC(C3C2=O)C2C(c3cccc(OCc5ccccc5)c3)c3sc(=O)[nH]c3SC42)cc1. The van der Waals surface area contributed by atoms with Gasteiger partial charge in [0.15, 0.2) is 0 Å². The molecule has 10 heteroatoms. The summed E-state index contributed by atoms with van der Waals surface area (Å²) in [5.41, 5.74) is 2.98. The lowest BCUT2D eigenvalue weighted by molar-refractivity contribution is -0.123. The van der Waals surface area contributed by atoms with Gasteiger partial charge in [0.2, 0.25) is 11.8 Å². The summed E-state index contributed by atoms with van der Waals surface area (Å²) in [7, 11) is 0. The predicted octanol–water partition coefficient (Wildman–Crippen LogP) is 5.87. The maximum atomic E-state index is 14.1. The minimum Gasteiger partial charge on any atom is -0.489 e. The number of nitrogens with zero attached hydrogens (tertiary/aromatic N) is 1. The van der Waals surface area contributed by atoms with Crippen LogP contribution < -0.4 is 14.5 Å². The van der Waals surface area contributed by atoms with Crippen LogP contribution >= 0.6 is 23.1 Å². The fraction of sp³-hybridized carbons (Fsp3) is 0.314. The highest BCUT2D eigenvalue weighted by Crippen LogP contribution is 2.68. The number of ether oxygens (including phenoxy) is 2. The Labute approximate surface area is 267 Å². The van der Waals surface area contributed by atoms with E-state index in [-0.39, 0.29) is 52.2 Å². The summed E-state index contributed by atoms with van der Waals surface area (Å²) in [5.74, 6) is -0.810. The molecule has 3 fully saturated rings. The molecule has 3 aromatic carbocycles. The van der Waals surface area contributed by atoms with Crippen LogP contribution in [-0.4, -0.2) is 34.6 Å². The zero-order valence-electron chi connectivity index (χ0n) is 24.4. The van der Waals surface area contributed by atoms with Crippen molar-refractivity contribution in [1.29, 1.82) is 0 Å². The van der Waals surface area contributed by atoms with E-state index in [1.54, 1.807) is 43.0 Å². The number of aromatic nitrogens is 1. The molecule has 2 bridgehead atoms. The van der Waals surface area contributed by atoms with Crippen molar-refractivity contribution in [2.24, 2.45) is 29.6 Å². The minimum atomic E-state index is -0.440. The molecule has 8 nitrogen and oxygen atoms in total. The molecule has 2 saturated carbocycles. The van der Waals surface area contributed by atoms with Crippen LogP contribution in [-0.2, 0) is 20.9 Å². The molecule has 1 N–H and O–H groups in total. The van der Waals surface area contributed by atoms with Crippen molar-refractivity contribution in [2.75, 3.05) is 11.5 Å². The predicted molar refractivity (Wildman–Crippen MR) is 171 cm³/mol. The van der Waals surface area contributed by atoms with Crippen LogP contribution in [0.25, 0.3) is 0 Å². The number of thioether (sulfide) groups is 1. The van der Waals surface area contributed by atoms with Crippen molar-refractivity contribution in [3.05, 3.63) is 110 Å². The third kappa shape index (κ3) is 4.56. The molecule has 7 unspecified atom stereocenters. The Hall–Kier alpha value is -4.15. The van der Waals surface area contributed by atoms with Crippen LogP contribution in [0, 0.1) is 29.6 Å². The number of nitrogens with one attached hydrogen (secondary N) is 1. The second-order valence-corrected chi connectivity index (χ2v) is 14.3. The van der Waals surface area contributed by atoms with E-state index < -0.39 is 17.8 Å². The van der Waals surface area contributed by atoms with E-state index in [4.69, 9.17) is 9.47 Å². The number of esters is 1. The molecular weight excluding hydrogens is 609 g/mol. The fourth-order valence-corrected chi connectivity index (χ4v) is 11.0. The second kappa shape index (κ2) is 11.0. The average Bonchev–Trinajstić information content (AvgIpc) is 3.79. The number of rotatable bonds is 7. The largest absolute Gasteiger partial charge is 0.489 e. The van der Waals surface area contributed by atoms with Crippen LogP contribution in [0.15, 0.2) is 88.7 Å². The van der Waals surface area contributed by atoms with Crippen molar-refractivity contribution in [2.45, 2.75) is 36.1 Å². The lowest BCUT2D eigenvalue weighted by Gasteiger charge is -2.43. The van der Waals surface area contributed by atoms with Crippen LogP contribution in [0.2, 0.25) is 0 Å². The van der Waals surface area contributed by atoms with E-state index in [0.717, 1.165) is 33.2 Å². The van der Waals surface area contributed by atoms with E-state index >= 15 is 0 Å². The van der Waals surface area contributed by atoms with E-state index in [0.29, 0.717) is 17.9 Å². The third-order valence-electron chi connectivity index (χ3n) is 9.83. The fourth-order valence-electron chi connectivity index (χ4n) is 8.14. The Kier molecular flexibility index (Phi) is 6.94. The first-order valence-corrected chi connectivity index (χ1v) is 16.9. The molecule has 8 rings (SSSR count). The zero-order chi connectivity index (χ0) is 30.8. The van der Waals surface area contributed by atoms with Crippen molar-refractivity contribution >= 4 is 46.6 Å². The smallest absolute Gasteiger partial charge is 0.338 e. The van der Waals surface area contributed by atoms with Crippen molar-refractivity contribution in [3.63, 3.8) is 0 Å². The van der Waals surface area contributed by atoms with Gasteiger partial charge in [-0.2, -0.15) is 0 Å². The summed E-state index contributed by atoms with van der Waals surface area (Å²) in [4.78, 5) is 58.1. The first-order valence-electron chi connectivity index (χ1n) is 15.2. The van der Waals surface area contributed by atoms with E-state index in [1.165, 1.54) is 16.2 Å². The summed E-state index contributed by atoms with van der Waals surface area (Å²) < 4.78 is 11.3. The Morgan fingerprint density at radius 3 is 2.44 bits per heavy atom. The number of amides is 2. The van der Waals surface area contributed by atoms with Crippen LogP contribution in [0.4, 0.5) is 5.69 Å². The van der Waals surface area contributed by atoms with Crippen molar-refractivity contribution in [3.8, 4) is 5.75 Å². The topological polar surface area (TPSA) is 106 Å². The summed E-state index contributed by atoms with van der Waals surface area (Å²) in [6, 6.07) is 24.6. The number of thiazole rings is 1. The maximum Gasteiger partial charge on any atom is 0.338 e. The molecule has 228 valence electrons. The molecule has 45 heavy (non-hydrogen) atoms. The first kappa shape index (κ1) is 28.3. The molecule has 3 heterocycles. The van der Waals surface area contributed by atoms with E-state index in [9.17, 15) is 19.2 Å². The zero-order valence-corrected chi connectivity index (χ0v) is 26.0. The van der Waals surface area contributed by atoms with Gasteiger partial charge in [-0.3, -0.25) is 19.3 Å². The van der Waals surface area contributed by atoms with Gasteiger partial charge < -0.3 is 14.5 Å². The molecular formula is C35H30N2O6S2. The number of anilines is 1. The second-order valence-electron chi connectivity index (χ2n) is 12.1. The summed E-state index contributed by atoms with van der Waals surface area (Å²) in [5, 5.41) is 0.968. The number of imide groups is 1. The van der Waals surface area contributed by atoms with Crippen LogP contribution in [0.5, 0.6) is 5.75 Å². The van der Waals surface area contributed by atoms with Gasteiger partial charge >= 0.3 is 10.8 Å². The van der Waals surface area contributed by atoms with E-state index in [1.807, 2.05) is 42.5 Å². The molecule has 2 amide bonds. The number of hydrogen-bond donors (Lipinski definition) is 1. The number of hydrogen-bond acceptors (Lipinski definition) is 8. The van der Waals surface area contributed by atoms with Crippen LogP contribution in [0.3, 0.4) is 0 Å². The summed E-state index contributed by atoms with van der Waals surface area (Å²) >= 11 is 2.91. The van der Waals surface area contributed by atoms with E-state index in [2.05, 4.69) is 17.1 Å². The lowest BCUT2D eigenvalue weighted by atomic mass is 9.68. The highest BCUT2D eigenvalue weighted by molar-refractivity contribution is 8.00. The summed E-state index contributed by atoms with van der Waals surface area (Å²) in [6.07, 6.45) is 0.810. The highest BCUT2D eigenvalue weighted by Gasteiger charge is 2.69. The molecule has 4 aliphatic rings. The number of carbonyl (C=O) groups excluding carboxylic acids is 3. The van der Waals surface area contributed by atoms with Crippen LogP contribution in [0.1, 0.15) is 45.6 Å². The maximum absolute atomic E-state index is 14.1. The quantitative estimate of drug-likeness (QED) is 0.199. The average molecular weight is 639 g/mol. The van der Waals surface area contributed by atoms with Gasteiger partial charge in [-0.15, -0.1) is 11.8 Å². The molecule has 2 aliphatic heterocycles. The number of fused-ring (bicyclic) bond motifs is 9. The van der Waals surface area contributed by atoms with Gasteiger partial charge in [-0.25, -0.2) is 4.79 Å². The minimum absolute atomic E-state index is 0.00185. The Morgan fingerprint density at radius 1 is 0.933 bits per heavy atom. The molecule has 2 aliphatic carbocycles. The van der Waals surface area contributed by atoms with Gasteiger partial charge in [-0.05, 0) is 78.6 Å². The van der Waals surface area contributed by atoms with Gasteiger partial charge in [0.05, 0.1) is 34.7 Å². The number of carbonyl (C=O) groups is 3. The Morgan fingerprint density at radius 2 is 1.69 bits per heavy atom. The Balaban J connectivity index is 1.11. The van der Waals surface area contributed by atoms with Crippen molar-refractivity contribution in [1.82, 2.24) is 4.98 Å². The first-order chi connectivity index (χ1) is 21.9. The molecule has 0 spiro atoms. The molecule has 0 radical (unpaired) electrons. The lowest BCUT2D eigenvalue weighted by Crippen LogP contribution is -2.42. The van der Waals surface area contributed by atoms with Gasteiger partial charge in [-0.1, -0.05) is 53.8 Å². The Bertz CT molecular complexity index is 1870. The summed E-state index contributed by atoms with van der Waals surface area (Å²) in [6.45, 7) is 2.46. The standard InChI is InChI=1S/C35H30N2O6S2/c1-2-42-34(40)19-11-13-21(14-12-19)37-32(38)27-23-16-24(28(27)33(37)39)29-26(23)25(30-31(44-29)36-35(41)45-30)20-9-6-10-22(15-20)43-17-18-7-4-3-5-8-18/h3-15,23-29H,2,16-17H2,1H3,(H,36,41). The third-order valence-corrected chi connectivity index (χ3v) is 12.4. The van der Waals surface area contributed by atoms with Gasteiger partial charge in [0.1, 0.15) is 12.4 Å².